The molecule has 0 spiro atoms. The number of likely N-dealkylation sites (tertiary alicyclic amines) is 1. The lowest BCUT2D eigenvalue weighted by Crippen LogP contribution is -2.65. The maximum Gasteiger partial charge on any atom is 0.0341 e. The quantitative estimate of drug-likeness (QED) is 0.732. The number of hydrogen-bond donors (Lipinski definition) is 1. The van der Waals surface area contributed by atoms with Crippen molar-refractivity contribution in [2.45, 2.75) is 51.5 Å². The lowest BCUT2D eigenvalue weighted by atomic mass is 9.58. The van der Waals surface area contributed by atoms with Crippen LogP contribution in [0.25, 0.3) is 0 Å². The van der Waals surface area contributed by atoms with Crippen LogP contribution >= 0.6 is 0 Å². The fourth-order valence-corrected chi connectivity index (χ4v) is 3.60. The fraction of sp³-hybridized carbons (Fsp3) is 1.00. The Kier molecular flexibility index (Phi) is 2.61. The van der Waals surface area contributed by atoms with E-state index >= 15 is 0 Å². The van der Waals surface area contributed by atoms with Crippen LogP contribution in [-0.4, -0.2) is 30.1 Å². The maximum atomic E-state index is 5.98. The summed E-state index contributed by atoms with van der Waals surface area (Å²) in [6.45, 7) is 8.16. The molecule has 2 N–H and O–H groups in total. The van der Waals surface area contributed by atoms with Gasteiger partial charge in [0, 0.05) is 12.1 Å². The van der Waals surface area contributed by atoms with Gasteiger partial charge in [-0.3, -0.25) is 4.90 Å². The Balaban J connectivity index is 1.99. The first-order valence-electron chi connectivity index (χ1n) is 6.03. The third-order valence-electron chi connectivity index (χ3n) is 4.02. The summed E-state index contributed by atoms with van der Waals surface area (Å²) in [5.41, 5.74) is 6.90. The SMILES string of the molecule is CC1(C)CC(CN)(N2CCCCC2)C1. The van der Waals surface area contributed by atoms with Crippen LogP contribution in [0.3, 0.4) is 0 Å². The van der Waals surface area contributed by atoms with E-state index in [-0.39, 0.29) is 0 Å². The Morgan fingerprint density at radius 1 is 1.07 bits per heavy atom. The van der Waals surface area contributed by atoms with E-state index in [1.165, 1.54) is 45.2 Å². The van der Waals surface area contributed by atoms with Gasteiger partial charge in [-0.15, -0.1) is 0 Å². The van der Waals surface area contributed by atoms with Crippen molar-refractivity contribution in [3.05, 3.63) is 0 Å². The Hall–Kier alpha value is -0.0800. The van der Waals surface area contributed by atoms with E-state index in [1.54, 1.807) is 0 Å². The van der Waals surface area contributed by atoms with Crippen LogP contribution in [0.2, 0.25) is 0 Å². The predicted octanol–water partition coefficient (Wildman–Crippen LogP) is 1.99. The topological polar surface area (TPSA) is 29.3 Å². The number of nitrogens with two attached hydrogens (primary N) is 1. The molecule has 0 atom stereocenters. The molecule has 0 aromatic heterocycles. The highest BCUT2D eigenvalue weighted by molar-refractivity contribution is 5.07. The zero-order valence-corrected chi connectivity index (χ0v) is 9.68. The Bertz CT molecular complexity index is 196. The number of rotatable bonds is 2. The van der Waals surface area contributed by atoms with E-state index in [2.05, 4.69) is 18.7 Å². The minimum absolute atomic E-state index is 0.379. The van der Waals surface area contributed by atoms with Crippen LogP contribution in [-0.2, 0) is 0 Å². The van der Waals surface area contributed by atoms with E-state index in [4.69, 9.17) is 5.73 Å². The minimum Gasteiger partial charge on any atom is -0.329 e. The average Bonchev–Trinajstić information content (AvgIpc) is 2.15. The Morgan fingerprint density at radius 3 is 2.07 bits per heavy atom. The molecule has 2 fully saturated rings. The van der Waals surface area contributed by atoms with E-state index in [9.17, 15) is 0 Å². The van der Waals surface area contributed by atoms with Crippen LogP contribution in [0, 0.1) is 5.41 Å². The van der Waals surface area contributed by atoms with Gasteiger partial charge < -0.3 is 5.73 Å². The standard InChI is InChI=1S/C12H24N2/c1-11(2)8-12(9-11,10-13)14-6-4-3-5-7-14/h3-10,13H2,1-2H3. The van der Waals surface area contributed by atoms with Crippen LogP contribution in [0.15, 0.2) is 0 Å². The number of nitrogens with zero attached hydrogens (tertiary/aromatic N) is 1. The van der Waals surface area contributed by atoms with Gasteiger partial charge in [0.15, 0.2) is 0 Å². The summed E-state index contributed by atoms with van der Waals surface area (Å²) in [5, 5.41) is 0. The third-order valence-corrected chi connectivity index (χ3v) is 4.02. The van der Waals surface area contributed by atoms with Gasteiger partial charge in [0.25, 0.3) is 0 Å². The fourth-order valence-electron chi connectivity index (χ4n) is 3.60. The van der Waals surface area contributed by atoms with Gasteiger partial charge in [0.05, 0.1) is 0 Å². The molecule has 0 amide bonds. The van der Waals surface area contributed by atoms with E-state index in [0.29, 0.717) is 11.0 Å². The average molecular weight is 196 g/mol. The highest BCUT2D eigenvalue weighted by Gasteiger charge is 2.51. The third kappa shape index (κ3) is 1.70. The molecule has 2 nitrogen and oxygen atoms in total. The maximum absolute atomic E-state index is 5.98. The molecule has 1 aliphatic carbocycles. The van der Waals surface area contributed by atoms with Gasteiger partial charge in [-0.2, -0.15) is 0 Å². The van der Waals surface area contributed by atoms with Gasteiger partial charge in [-0.1, -0.05) is 20.3 Å². The summed E-state index contributed by atoms with van der Waals surface area (Å²) in [4.78, 5) is 2.67. The Morgan fingerprint density at radius 2 is 1.64 bits per heavy atom. The molecule has 2 aliphatic rings. The van der Waals surface area contributed by atoms with Crippen LogP contribution in [0.4, 0.5) is 0 Å². The molecule has 0 radical (unpaired) electrons. The van der Waals surface area contributed by atoms with Crippen molar-refractivity contribution in [1.82, 2.24) is 4.90 Å². The minimum atomic E-state index is 0.379. The van der Waals surface area contributed by atoms with Gasteiger partial charge in [0.2, 0.25) is 0 Å². The van der Waals surface area contributed by atoms with Crippen molar-refractivity contribution >= 4 is 0 Å². The zero-order valence-electron chi connectivity index (χ0n) is 9.68. The summed E-state index contributed by atoms with van der Waals surface area (Å²) in [7, 11) is 0. The normalized spacial score (nSPS) is 31.1. The summed E-state index contributed by atoms with van der Waals surface area (Å²) in [6.07, 6.45) is 6.78. The number of piperidine rings is 1. The summed E-state index contributed by atoms with van der Waals surface area (Å²) in [5.74, 6) is 0. The molecule has 2 rings (SSSR count). The molecule has 82 valence electrons. The summed E-state index contributed by atoms with van der Waals surface area (Å²) in [6, 6.07) is 0. The van der Waals surface area contributed by atoms with Crippen molar-refractivity contribution in [1.29, 1.82) is 0 Å². The molecule has 0 bridgehead atoms. The molecule has 1 aliphatic heterocycles. The molecular formula is C12H24N2. The second-order valence-corrected chi connectivity index (χ2v) is 5.99. The number of hydrogen-bond acceptors (Lipinski definition) is 2. The molecule has 0 unspecified atom stereocenters. The van der Waals surface area contributed by atoms with Gasteiger partial charge in [-0.05, 0) is 44.2 Å². The van der Waals surface area contributed by atoms with Gasteiger partial charge in [-0.25, -0.2) is 0 Å². The summed E-state index contributed by atoms with van der Waals surface area (Å²) >= 11 is 0. The van der Waals surface area contributed by atoms with Crippen molar-refractivity contribution in [2.75, 3.05) is 19.6 Å². The second-order valence-electron chi connectivity index (χ2n) is 5.99. The van der Waals surface area contributed by atoms with Gasteiger partial charge in [0.1, 0.15) is 0 Å². The van der Waals surface area contributed by atoms with Crippen LogP contribution in [0.5, 0.6) is 0 Å². The summed E-state index contributed by atoms with van der Waals surface area (Å²) < 4.78 is 0. The first-order chi connectivity index (χ1) is 6.58. The lowest BCUT2D eigenvalue weighted by Gasteiger charge is -2.59. The highest BCUT2D eigenvalue weighted by atomic mass is 15.2. The second kappa shape index (κ2) is 3.49. The lowest BCUT2D eigenvalue weighted by molar-refractivity contribution is -0.0695. The highest BCUT2D eigenvalue weighted by Crippen LogP contribution is 2.51. The van der Waals surface area contributed by atoms with Gasteiger partial charge >= 0.3 is 0 Å². The van der Waals surface area contributed by atoms with Crippen molar-refractivity contribution in [3.63, 3.8) is 0 Å². The molecule has 1 saturated carbocycles. The molecule has 2 heteroatoms. The van der Waals surface area contributed by atoms with Crippen molar-refractivity contribution < 1.29 is 0 Å². The molecule has 1 heterocycles. The molecule has 14 heavy (non-hydrogen) atoms. The van der Waals surface area contributed by atoms with E-state index in [0.717, 1.165) is 6.54 Å². The van der Waals surface area contributed by atoms with Crippen LogP contribution < -0.4 is 5.73 Å². The largest absolute Gasteiger partial charge is 0.329 e. The molecule has 0 aromatic rings. The zero-order chi connectivity index (χ0) is 10.2. The molecule has 1 saturated heterocycles. The van der Waals surface area contributed by atoms with Crippen LogP contribution in [0.1, 0.15) is 46.0 Å². The first-order valence-corrected chi connectivity index (χ1v) is 6.03. The van der Waals surface area contributed by atoms with Crippen molar-refractivity contribution in [2.24, 2.45) is 11.1 Å². The Labute approximate surface area is 87.8 Å². The molecular weight excluding hydrogens is 172 g/mol. The van der Waals surface area contributed by atoms with Crippen molar-refractivity contribution in [3.8, 4) is 0 Å². The predicted molar refractivity (Wildman–Crippen MR) is 60.2 cm³/mol. The molecule has 0 aromatic carbocycles. The first kappa shape index (κ1) is 10.4. The van der Waals surface area contributed by atoms with E-state index in [1.807, 2.05) is 0 Å². The van der Waals surface area contributed by atoms with E-state index < -0.39 is 0 Å². The monoisotopic (exact) mass is 196 g/mol. The smallest absolute Gasteiger partial charge is 0.0341 e.